The Kier molecular flexibility index (Phi) is 6.07. The van der Waals surface area contributed by atoms with Gasteiger partial charge in [0, 0.05) is 17.1 Å². The summed E-state index contributed by atoms with van der Waals surface area (Å²) < 4.78 is 16.0. The van der Waals surface area contributed by atoms with Gasteiger partial charge in [0.2, 0.25) is 5.75 Å². The second kappa shape index (κ2) is 8.04. The molecule has 0 radical (unpaired) electrons. The van der Waals surface area contributed by atoms with Crippen LogP contribution in [0.15, 0.2) is 36.4 Å². The van der Waals surface area contributed by atoms with Crippen molar-refractivity contribution < 1.29 is 14.2 Å². The van der Waals surface area contributed by atoms with Crippen molar-refractivity contribution in [3.8, 4) is 17.2 Å². The molecule has 2 rings (SSSR count). The molecule has 122 valence electrons. The Bertz CT molecular complexity index is 681. The highest BCUT2D eigenvalue weighted by Crippen LogP contribution is 2.38. The lowest BCUT2D eigenvalue weighted by atomic mass is 10.1. The van der Waals surface area contributed by atoms with Crippen LogP contribution in [0.2, 0.25) is 5.02 Å². The molecule has 0 heterocycles. The first-order valence-corrected chi connectivity index (χ1v) is 7.71. The van der Waals surface area contributed by atoms with Crippen molar-refractivity contribution in [2.24, 2.45) is 0 Å². The first-order valence-electron chi connectivity index (χ1n) is 6.92. The van der Waals surface area contributed by atoms with E-state index in [4.69, 9.17) is 38.0 Å². The average Bonchev–Trinajstić information content (AvgIpc) is 2.59. The standard InChI is InChI=1S/C17H18ClNO3S/c1-20-14-8-12(9-15(21-2)16(14)22-3)17(23)19-10-11-6-4-5-7-13(11)18/h4-9H,10H2,1-3H3,(H,19,23). The van der Waals surface area contributed by atoms with E-state index in [9.17, 15) is 0 Å². The molecule has 2 aromatic rings. The third kappa shape index (κ3) is 4.06. The molecule has 2 aromatic carbocycles. The summed E-state index contributed by atoms with van der Waals surface area (Å²) in [6.45, 7) is 0.537. The smallest absolute Gasteiger partial charge is 0.203 e. The van der Waals surface area contributed by atoms with Gasteiger partial charge >= 0.3 is 0 Å². The molecule has 23 heavy (non-hydrogen) atoms. The van der Waals surface area contributed by atoms with Crippen molar-refractivity contribution in [1.82, 2.24) is 5.32 Å². The van der Waals surface area contributed by atoms with Crippen molar-refractivity contribution >= 4 is 28.8 Å². The maximum absolute atomic E-state index is 6.15. The summed E-state index contributed by atoms with van der Waals surface area (Å²) in [4.78, 5) is 0.573. The summed E-state index contributed by atoms with van der Waals surface area (Å²) in [5.74, 6) is 1.65. The van der Waals surface area contributed by atoms with Crippen LogP contribution in [0.4, 0.5) is 0 Å². The predicted octanol–water partition coefficient (Wildman–Crippen LogP) is 3.83. The van der Waals surface area contributed by atoms with E-state index in [2.05, 4.69) is 5.32 Å². The van der Waals surface area contributed by atoms with Crippen LogP contribution in [-0.4, -0.2) is 26.3 Å². The summed E-state index contributed by atoms with van der Waals surface area (Å²) in [5.41, 5.74) is 1.76. The van der Waals surface area contributed by atoms with Crippen molar-refractivity contribution in [2.75, 3.05) is 21.3 Å². The molecule has 0 fully saturated rings. The number of halogens is 1. The van der Waals surface area contributed by atoms with Gasteiger partial charge in [0.05, 0.1) is 21.3 Å². The fourth-order valence-electron chi connectivity index (χ4n) is 2.13. The zero-order valence-corrected chi connectivity index (χ0v) is 14.8. The molecular formula is C17H18ClNO3S. The molecule has 0 aliphatic carbocycles. The number of hydrogen-bond acceptors (Lipinski definition) is 4. The average molecular weight is 352 g/mol. The number of hydrogen-bond donors (Lipinski definition) is 1. The Morgan fingerprint density at radius 1 is 1.04 bits per heavy atom. The topological polar surface area (TPSA) is 39.7 Å². The molecule has 0 aliphatic rings. The van der Waals surface area contributed by atoms with Gasteiger partial charge in [-0.1, -0.05) is 42.0 Å². The van der Waals surface area contributed by atoms with Crippen LogP contribution in [0.3, 0.4) is 0 Å². The van der Waals surface area contributed by atoms with Crippen molar-refractivity contribution in [3.63, 3.8) is 0 Å². The second-order valence-electron chi connectivity index (χ2n) is 4.69. The monoisotopic (exact) mass is 351 g/mol. The minimum Gasteiger partial charge on any atom is -0.493 e. The third-order valence-electron chi connectivity index (χ3n) is 3.32. The van der Waals surface area contributed by atoms with Gasteiger partial charge in [-0.05, 0) is 23.8 Å². The van der Waals surface area contributed by atoms with Crippen molar-refractivity contribution in [3.05, 3.63) is 52.5 Å². The molecule has 4 nitrogen and oxygen atoms in total. The van der Waals surface area contributed by atoms with Crippen LogP contribution in [0, 0.1) is 0 Å². The normalized spacial score (nSPS) is 10.1. The van der Waals surface area contributed by atoms with Gasteiger partial charge < -0.3 is 19.5 Å². The molecule has 0 aromatic heterocycles. The van der Waals surface area contributed by atoms with E-state index < -0.39 is 0 Å². The first kappa shape index (κ1) is 17.4. The van der Waals surface area contributed by atoms with Gasteiger partial charge in [0.25, 0.3) is 0 Å². The van der Waals surface area contributed by atoms with E-state index in [0.717, 1.165) is 11.1 Å². The predicted molar refractivity (Wildman–Crippen MR) is 96.1 cm³/mol. The molecule has 0 bridgehead atoms. The van der Waals surface area contributed by atoms with Crippen LogP contribution in [-0.2, 0) is 6.54 Å². The molecule has 6 heteroatoms. The highest BCUT2D eigenvalue weighted by molar-refractivity contribution is 7.80. The number of benzene rings is 2. The molecular weight excluding hydrogens is 334 g/mol. The Labute approximate surface area is 146 Å². The SMILES string of the molecule is COc1cc(C(=S)NCc2ccccc2Cl)cc(OC)c1OC. The Hall–Kier alpha value is -1.98. The molecule has 0 amide bonds. The number of thiocarbonyl (C=S) groups is 1. The summed E-state index contributed by atoms with van der Waals surface area (Å²) in [6, 6.07) is 11.2. The number of ether oxygens (including phenoxy) is 3. The maximum Gasteiger partial charge on any atom is 0.203 e. The van der Waals surface area contributed by atoms with Gasteiger partial charge in [-0.2, -0.15) is 0 Å². The highest BCUT2D eigenvalue weighted by atomic mass is 35.5. The third-order valence-corrected chi connectivity index (χ3v) is 4.07. The van der Waals surface area contributed by atoms with E-state index in [1.54, 1.807) is 21.3 Å². The summed E-state index contributed by atoms with van der Waals surface area (Å²) in [6.07, 6.45) is 0. The van der Waals surface area contributed by atoms with Gasteiger partial charge in [-0.15, -0.1) is 0 Å². The Morgan fingerprint density at radius 3 is 2.17 bits per heavy atom. The zero-order chi connectivity index (χ0) is 16.8. The van der Waals surface area contributed by atoms with Gasteiger partial charge in [0.15, 0.2) is 11.5 Å². The van der Waals surface area contributed by atoms with Crippen LogP contribution >= 0.6 is 23.8 Å². The quantitative estimate of drug-likeness (QED) is 0.801. The second-order valence-corrected chi connectivity index (χ2v) is 5.50. The Morgan fingerprint density at radius 2 is 1.65 bits per heavy atom. The van der Waals surface area contributed by atoms with Gasteiger partial charge in [-0.25, -0.2) is 0 Å². The largest absolute Gasteiger partial charge is 0.493 e. The van der Waals surface area contributed by atoms with Crippen molar-refractivity contribution in [1.29, 1.82) is 0 Å². The Balaban J connectivity index is 2.20. The first-order chi connectivity index (χ1) is 11.1. The van der Waals surface area contributed by atoms with Crippen LogP contribution in [0.1, 0.15) is 11.1 Å². The van der Waals surface area contributed by atoms with Gasteiger partial charge in [-0.3, -0.25) is 0 Å². The lowest BCUT2D eigenvalue weighted by Gasteiger charge is -2.15. The van der Waals surface area contributed by atoms with E-state index >= 15 is 0 Å². The lowest BCUT2D eigenvalue weighted by molar-refractivity contribution is 0.324. The minimum absolute atomic E-state index is 0.535. The van der Waals surface area contributed by atoms with Crippen LogP contribution in [0.25, 0.3) is 0 Å². The fraction of sp³-hybridized carbons (Fsp3) is 0.235. The van der Waals surface area contributed by atoms with Crippen molar-refractivity contribution in [2.45, 2.75) is 6.54 Å². The summed E-state index contributed by atoms with van der Waals surface area (Å²) in [7, 11) is 4.70. The van der Waals surface area contributed by atoms with E-state index in [1.807, 2.05) is 36.4 Å². The molecule has 0 aliphatic heterocycles. The fourth-order valence-corrected chi connectivity index (χ4v) is 2.52. The highest BCUT2D eigenvalue weighted by Gasteiger charge is 2.15. The number of methoxy groups -OCH3 is 3. The molecule has 0 saturated heterocycles. The van der Waals surface area contributed by atoms with Crippen LogP contribution in [0.5, 0.6) is 17.2 Å². The van der Waals surface area contributed by atoms with Crippen LogP contribution < -0.4 is 19.5 Å². The molecule has 0 unspecified atom stereocenters. The zero-order valence-electron chi connectivity index (χ0n) is 13.2. The molecule has 0 atom stereocenters. The molecule has 0 saturated carbocycles. The summed E-state index contributed by atoms with van der Waals surface area (Å²) >= 11 is 11.6. The van der Waals surface area contributed by atoms with E-state index in [0.29, 0.717) is 33.8 Å². The summed E-state index contributed by atoms with van der Waals surface area (Å²) in [5, 5.41) is 3.89. The molecule has 1 N–H and O–H groups in total. The lowest BCUT2D eigenvalue weighted by Crippen LogP contribution is -2.22. The number of rotatable bonds is 6. The van der Waals surface area contributed by atoms with Gasteiger partial charge in [0.1, 0.15) is 4.99 Å². The van der Waals surface area contributed by atoms with E-state index in [1.165, 1.54) is 0 Å². The number of nitrogens with one attached hydrogen (secondary N) is 1. The molecule has 0 spiro atoms. The van der Waals surface area contributed by atoms with E-state index in [-0.39, 0.29) is 0 Å². The minimum atomic E-state index is 0.535. The maximum atomic E-state index is 6.15.